The standard InChI is InChI=1S/C29H38N2O5/c1-3-4-15-34-26-10-12-27(13-11-26)36-29(33)22-8-5-21(6-9-22)7-14-28(32)35-19-20(2)23-16-24(30)18-25(31)17-23/h5-9,14,16-18,20,26-27H,3-4,10-13,15,19,30-31H2,1-2H3/b14-7+. The fourth-order valence-electron chi connectivity index (χ4n) is 4.16. The molecule has 0 bridgehead atoms. The van der Waals surface area contributed by atoms with E-state index in [4.69, 9.17) is 25.7 Å². The predicted octanol–water partition coefficient (Wildman–Crippen LogP) is 5.50. The van der Waals surface area contributed by atoms with Gasteiger partial charge in [-0.25, -0.2) is 9.59 Å². The number of nitrogen functional groups attached to an aromatic ring is 2. The molecule has 1 fully saturated rings. The summed E-state index contributed by atoms with van der Waals surface area (Å²) in [4.78, 5) is 24.7. The van der Waals surface area contributed by atoms with Gasteiger partial charge in [-0.1, -0.05) is 32.4 Å². The minimum absolute atomic E-state index is 0.0397. The van der Waals surface area contributed by atoms with Gasteiger partial charge in [-0.15, -0.1) is 0 Å². The molecule has 0 spiro atoms. The molecule has 0 radical (unpaired) electrons. The molecule has 1 aliphatic rings. The lowest BCUT2D eigenvalue weighted by Crippen LogP contribution is -2.28. The van der Waals surface area contributed by atoms with Gasteiger partial charge in [0.1, 0.15) is 6.10 Å². The Morgan fingerprint density at radius 1 is 1.00 bits per heavy atom. The van der Waals surface area contributed by atoms with Crippen LogP contribution in [0.4, 0.5) is 11.4 Å². The number of carbonyl (C=O) groups excluding carboxylic acids is 2. The van der Waals surface area contributed by atoms with E-state index in [9.17, 15) is 9.59 Å². The van der Waals surface area contributed by atoms with Crippen LogP contribution in [0, 0.1) is 0 Å². The first kappa shape index (κ1) is 27.3. The van der Waals surface area contributed by atoms with Crippen molar-refractivity contribution >= 4 is 29.4 Å². The number of esters is 2. The van der Waals surface area contributed by atoms with Crippen LogP contribution < -0.4 is 11.5 Å². The summed E-state index contributed by atoms with van der Waals surface area (Å²) in [7, 11) is 0. The molecule has 4 N–H and O–H groups in total. The molecule has 3 rings (SSSR count). The fraction of sp³-hybridized carbons (Fsp3) is 0.448. The third-order valence-corrected chi connectivity index (χ3v) is 6.35. The molecule has 1 aliphatic carbocycles. The molecule has 0 aromatic heterocycles. The van der Waals surface area contributed by atoms with Gasteiger partial charge in [-0.3, -0.25) is 0 Å². The summed E-state index contributed by atoms with van der Waals surface area (Å²) in [6.07, 6.45) is 8.96. The lowest BCUT2D eigenvalue weighted by atomic mass is 9.95. The quantitative estimate of drug-likeness (QED) is 0.184. The summed E-state index contributed by atoms with van der Waals surface area (Å²) >= 11 is 0. The maximum absolute atomic E-state index is 12.5. The number of hydrogen-bond donors (Lipinski definition) is 2. The van der Waals surface area contributed by atoms with E-state index in [2.05, 4.69) is 6.92 Å². The molecule has 2 aromatic rings. The Bertz CT molecular complexity index is 1010. The van der Waals surface area contributed by atoms with Crippen LogP contribution in [0.15, 0.2) is 48.5 Å². The van der Waals surface area contributed by atoms with E-state index in [1.54, 1.807) is 36.4 Å². The predicted molar refractivity (Wildman–Crippen MR) is 142 cm³/mol. The maximum Gasteiger partial charge on any atom is 0.338 e. The van der Waals surface area contributed by atoms with Gasteiger partial charge in [-0.05, 0) is 79.6 Å². The highest BCUT2D eigenvalue weighted by molar-refractivity contribution is 5.90. The van der Waals surface area contributed by atoms with E-state index >= 15 is 0 Å². The van der Waals surface area contributed by atoms with Crippen molar-refractivity contribution in [2.24, 2.45) is 0 Å². The number of nitrogens with two attached hydrogens (primary N) is 2. The van der Waals surface area contributed by atoms with Crippen molar-refractivity contribution in [2.75, 3.05) is 24.7 Å². The van der Waals surface area contributed by atoms with Crippen LogP contribution in [-0.2, 0) is 19.0 Å². The number of rotatable bonds is 11. The Hall–Kier alpha value is -3.32. The third kappa shape index (κ3) is 8.72. The van der Waals surface area contributed by atoms with Gasteiger partial charge < -0.3 is 25.7 Å². The zero-order valence-electron chi connectivity index (χ0n) is 21.3. The van der Waals surface area contributed by atoms with E-state index in [1.807, 2.05) is 19.1 Å². The molecule has 194 valence electrons. The summed E-state index contributed by atoms with van der Waals surface area (Å²) in [6, 6.07) is 12.3. The minimum atomic E-state index is -0.448. The van der Waals surface area contributed by atoms with Gasteiger partial charge in [0.2, 0.25) is 0 Å². The molecule has 2 aromatic carbocycles. The topological polar surface area (TPSA) is 114 Å². The monoisotopic (exact) mass is 494 g/mol. The Labute approximate surface area is 213 Å². The summed E-state index contributed by atoms with van der Waals surface area (Å²) in [5, 5.41) is 0. The summed E-state index contributed by atoms with van der Waals surface area (Å²) < 4.78 is 16.9. The molecule has 0 amide bonds. The molecule has 0 aliphatic heterocycles. The highest BCUT2D eigenvalue weighted by Gasteiger charge is 2.24. The Morgan fingerprint density at radius 3 is 2.28 bits per heavy atom. The second-order valence-corrected chi connectivity index (χ2v) is 9.45. The minimum Gasteiger partial charge on any atom is -0.462 e. The molecule has 1 saturated carbocycles. The SMILES string of the molecule is CCCCOC1CCC(OC(=O)c2ccc(/C=C/C(=O)OCC(C)c3cc(N)cc(N)c3)cc2)CC1. The number of ether oxygens (including phenoxy) is 3. The molecule has 7 nitrogen and oxygen atoms in total. The average molecular weight is 495 g/mol. The number of benzene rings is 2. The van der Waals surface area contributed by atoms with Gasteiger partial charge in [0.25, 0.3) is 0 Å². The molecule has 0 heterocycles. The van der Waals surface area contributed by atoms with Crippen molar-refractivity contribution in [3.63, 3.8) is 0 Å². The van der Waals surface area contributed by atoms with E-state index < -0.39 is 5.97 Å². The highest BCUT2D eigenvalue weighted by atomic mass is 16.5. The first-order valence-electron chi connectivity index (χ1n) is 12.8. The first-order valence-corrected chi connectivity index (χ1v) is 12.8. The van der Waals surface area contributed by atoms with Crippen molar-refractivity contribution in [1.82, 2.24) is 0 Å². The Morgan fingerprint density at radius 2 is 1.64 bits per heavy atom. The molecule has 36 heavy (non-hydrogen) atoms. The number of hydrogen-bond acceptors (Lipinski definition) is 7. The Balaban J connectivity index is 1.41. The summed E-state index contributed by atoms with van der Waals surface area (Å²) in [5.41, 5.74) is 15.0. The van der Waals surface area contributed by atoms with Gasteiger partial charge in [0, 0.05) is 30.0 Å². The zero-order valence-corrected chi connectivity index (χ0v) is 21.3. The number of unbranched alkanes of at least 4 members (excludes halogenated alkanes) is 1. The van der Waals surface area contributed by atoms with Crippen molar-refractivity contribution in [1.29, 1.82) is 0 Å². The molecular formula is C29H38N2O5. The lowest BCUT2D eigenvalue weighted by molar-refractivity contribution is -0.138. The van der Waals surface area contributed by atoms with Crippen molar-refractivity contribution in [3.05, 3.63) is 65.2 Å². The van der Waals surface area contributed by atoms with E-state index in [1.165, 1.54) is 6.08 Å². The van der Waals surface area contributed by atoms with Crippen molar-refractivity contribution in [3.8, 4) is 0 Å². The Kier molecular flexibility index (Phi) is 10.4. The van der Waals surface area contributed by atoms with Gasteiger partial charge in [0.05, 0.1) is 18.3 Å². The van der Waals surface area contributed by atoms with Crippen LogP contribution in [0.2, 0.25) is 0 Å². The zero-order chi connectivity index (χ0) is 25.9. The van der Waals surface area contributed by atoms with Gasteiger partial charge in [0.15, 0.2) is 0 Å². The maximum atomic E-state index is 12.5. The van der Waals surface area contributed by atoms with E-state index in [0.29, 0.717) is 16.9 Å². The van der Waals surface area contributed by atoms with Gasteiger partial charge in [-0.2, -0.15) is 0 Å². The smallest absolute Gasteiger partial charge is 0.338 e. The van der Waals surface area contributed by atoms with E-state index in [0.717, 1.165) is 56.3 Å². The molecule has 1 unspecified atom stereocenters. The second kappa shape index (κ2) is 13.7. The van der Waals surface area contributed by atoms with Crippen molar-refractivity contribution in [2.45, 2.75) is 70.5 Å². The van der Waals surface area contributed by atoms with Gasteiger partial charge >= 0.3 is 11.9 Å². The fourth-order valence-corrected chi connectivity index (χ4v) is 4.16. The number of anilines is 2. The molecule has 0 saturated heterocycles. The van der Waals surface area contributed by atoms with Crippen LogP contribution in [0.5, 0.6) is 0 Å². The molecule has 7 heteroatoms. The lowest BCUT2D eigenvalue weighted by Gasteiger charge is -2.28. The summed E-state index contributed by atoms with van der Waals surface area (Å²) in [5.74, 6) is -0.810. The van der Waals surface area contributed by atoms with Crippen molar-refractivity contribution < 1.29 is 23.8 Å². The van der Waals surface area contributed by atoms with Crippen LogP contribution in [0.1, 0.15) is 79.8 Å². The molecule has 1 atom stereocenters. The van der Waals surface area contributed by atoms with Crippen LogP contribution in [0.25, 0.3) is 6.08 Å². The van der Waals surface area contributed by atoms with Crippen LogP contribution >= 0.6 is 0 Å². The third-order valence-electron chi connectivity index (χ3n) is 6.35. The highest BCUT2D eigenvalue weighted by Crippen LogP contribution is 2.25. The largest absolute Gasteiger partial charge is 0.462 e. The van der Waals surface area contributed by atoms with Crippen LogP contribution in [0.3, 0.4) is 0 Å². The van der Waals surface area contributed by atoms with Crippen LogP contribution in [-0.4, -0.2) is 37.4 Å². The summed E-state index contributed by atoms with van der Waals surface area (Å²) in [6.45, 7) is 5.11. The second-order valence-electron chi connectivity index (χ2n) is 9.45. The number of carbonyl (C=O) groups is 2. The first-order chi connectivity index (χ1) is 17.3. The molecular weight excluding hydrogens is 456 g/mol. The average Bonchev–Trinajstić information content (AvgIpc) is 2.87. The normalized spacial score (nSPS) is 18.6. The van der Waals surface area contributed by atoms with E-state index in [-0.39, 0.29) is 30.7 Å².